The first-order valence-corrected chi connectivity index (χ1v) is 21.1. The molecule has 2 saturated carbocycles. The van der Waals surface area contributed by atoms with E-state index in [0.29, 0.717) is 31.1 Å². The summed E-state index contributed by atoms with van der Waals surface area (Å²) in [5.41, 5.74) is -2.61. The third-order valence-corrected chi connectivity index (χ3v) is 11.6. The van der Waals surface area contributed by atoms with Crippen LogP contribution in [-0.2, 0) is 83.0 Å². The zero-order valence-electron chi connectivity index (χ0n) is 35.1. The Morgan fingerprint density at radius 1 is 0.688 bits per heavy atom. The minimum Gasteiger partial charge on any atom is -0.740 e. The summed E-state index contributed by atoms with van der Waals surface area (Å²) in [5.74, 6) is -6.84. The molecule has 24 heteroatoms. The van der Waals surface area contributed by atoms with Crippen LogP contribution in [-0.4, -0.2) is 63.4 Å². The predicted octanol–water partition coefficient (Wildman–Crippen LogP) is 3.11. The van der Waals surface area contributed by atoms with Gasteiger partial charge in [0.1, 0.15) is 11.8 Å². The number of benzene rings is 2. The summed E-state index contributed by atoms with van der Waals surface area (Å²) in [6.07, 6.45) is -8.00. The van der Waals surface area contributed by atoms with Crippen LogP contribution < -0.4 is 62.8 Å². The standard InChI is InChI=1S/C20H20F3N3O4S.C15H12ClF3O3.C5H9N3OS.K/c1-3-26-18(24-25(2)19(26)30)31-10-11-9-12(20(21,22)23)7-8-13(11)17(29)16-14(27)5-4-6-15(16)28;16-7-8-6-9(15(17,18)19)4-5-10(8)14(22)13-11(20)2-1-3-12(13)21;1-3-8-4(10)6-7(2)5(8)9;/h7-9,16H,3-6,10H2,1-2H3;4-6,13H,1-3,7H2;3H2,1-2H3,(H,6,10);/q;;;+1/p-1. The maximum Gasteiger partial charge on any atom is 1.00 e. The van der Waals surface area contributed by atoms with Gasteiger partial charge in [-0.15, -0.1) is 16.7 Å². The van der Waals surface area contributed by atoms with Crippen LogP contribution in [0.1, 0.15) is 95.3 Å². The summed E-state index contributed by atoms with van der Waals surface area (Å²) >= 11 is 11.4. The molecule has 0 amide bonds. The monoisotopic (exact) mass is 984 g/mol. The van der Waals surface area contributed by atoms with E-state index < -0.39 is 70.0 Å². The number of Topliss-reactive ketones (excluding diaryl/α,β-unsaturated/α-hetero) is 6. The minimum atomic E-state index is -4.63. The van der Waals surface area contributed by atoms with Gasteiger partial charge in [-0.2, -0.15) is 31.4 Å². The topological polar surface area (TPSA) is 182 Å². The molecule has 2 heterocycles. The first-order valence-electron chi connectivity index (χ1n) is 19.2. The van der Waals surface area contributed by atoms with Gasteiger partial charge < -0.3 is 12.6 Å². The normalized spacial score (nSPS) is 14.9. The van der Waals surface area contributed by atoms with Crippen LogP contribution in [0.3, 0.4) is 0 Å². The maximum absolute atomic E-state index is 13.3. The summed E-state index contributed by atoms with van der Waals surface area (Å²) in [7, 11) is 3.04. The summed E-state index contributed by atoms with van der Waals surface area (Å²) in [6.45, 7) is 4.49. The van der Waals surface area contributed by atoms with Crippen molar-refractivity contribution >= 4 is 70.7 Å². The summed E-state index contributed by atoms with van der Waals surface area (Å²) in [4.78, 5) is 96.4. The molecule has 0 radical (unpaired) electrons. The van der Waals surface area contributed by atoms with Gasteiger partial charge in [-0.05, 0) is 62.1 Å². The molecule has 2 aliphatic rings. The predicted molar refractivity (Wildman–Crippen MR) is 217 cm³/mol. The van der Waals surface area contributed by atoms with Crippen molar-refractivity contribution < 1.29 is 106 Å². The van der Waals surface area contributed by atoms with E-state index >= 15 is 0 Å². The van der Waals surface area contributed by atoms with Crippen molar-refractivity contribution in [2.24, 2.45) is 25.9 Å². The third-order valence-electron chi connectivity index (χ3n) is 9.98. The third kappa shape index (κ3) is 13.1. The smallest absolute Gasteiger partial charge is 0.740 e. The molecule has 4 aromatic rings. The van der Waals surface area contributed by atoms with Gasteiger partial charge in [-0.3, -0.25) is 37.9 Å². The van der Waals surface area contributed by atoms with Crippen LogP contribution in [0.2, 0.25) is 0 Å². The second-order valence-electron chi connectivity index (χ2n) is 14.2. The number of hydrogen-bond acceptors (Lipinski definition) is 12. The number of hydrogen-bond donors (Lipinski definition) is 0. The fraction of sp³-hybridized carbons (Fsp3) is 0.450. The Balaban J connectivity index is 0.000000286. The van der Waals surface area contributed by atoms with Crippen molar-refractivity contribution in [2.45, 2.75) is 99.8 Å². The molecule has 64 heavy (non-hydrogen) atoms. The molecule has 0 spiro atoms. The fourth-order valence-electron chi connectivity index (χ4n) is 6.71. The van der Waals surface area contributed by atoms with Gasteiger partial charge >= 0.3 is 75.1 Å². The van der Waals surface area contributed by atoms with E-state index in [-0.39, 0.29) is 127 Å². The van der Waals surface area contributed by atoms with Crippen LogP contribution in [0.5, 0.6) is 0 Å². The van der Waals surface area contributed by atoms with Crippen molar-refractivity contribution in [3.05, 3.63) is 90.7 Å². The van der Waals surface area contributed by atoms with Crippen LogP contribution in [0.25, 0.3) is 0 Å². The maximum atomic E-state index is 13.3. The van der Waals surface area contributed by atoms with E-state index in [0.717, 1.165) is 52.8 Å². The molecular formula is C40H40ClF6KN6O8S2. The quantitative estimate of drug-likeness (QED) is 0.0432. The van der Waals surface area contributed by atoms with Crippen molar-refractivity contribution in [3.8, 4) is 0 Å². The average Bonchev–Trinajstić information content (AvgIpc) is 3.64. The number of rotatable bonds is 10. The number of carbonyl (C=O) groups excluding carboxylic acids is 6. The Morgan fingerprint density at radius 3 is 1.44 bits per heavy atom. The molecule has 2 aromatic heterocycles. The zero-order valence-corrected chi connectivity index (χ0v) is 40.6. The number of ketones is 6. The first kappa shape index (κ1) is 54.7. The number of aromatic nitrogens is 6. The number of alkyl halides is 7. The summed E-state index contributed by atoms with van der Waals surface area (Å²) in [6, 6.07) is 5.13. The Bertz CT molecular complexity index is 2520. The zero-order chi connectivity index (χ0) is 47.1. The fourth-order valence-corrected chi connectivity index (χ4v) is 8.33. The second-order valence-corrected chi connectivity index (χ2v) is 15.8. The Hall–Kier alpha value is -3.58. The van der Waals surface area contributed by atoms with E-state index in [1.54, 1.807) is 14.0 Å². The summed E-state index contributed by atoms with van der Waals surface area (Å²) in [5, 5.41) is 8.48. The van der Waals surface area contributed by atoms with Gasteiger partial charge in [-0.25, -0.2) is 19.0 Å². The molecule has 2 aliphatic carbocycles. The number of thioether (sulfide) groups is 1. The average molecular weight is 985 g/mol. The second kappa shape index (κ2) is 23.2. The van der Waals surface area contributed by atoms with Crippen molar-refractivity contribution in [2.75, 3.05) is 0 Å². The van der Waals surface area contributed by atoms with Gasteiger partial charge in [0.05, 0.1) is 11.1 Å². The molecule has 0 aliphatic heterocycles. The molecule has 2 fully saturated rings. The Kier molecular flexibility index (Phi) is 19.9. The SMILES string of the molecule is CCn1c(SCc2cc(C(F)(F)F)ccc2C(=O)C2C(=O)CCCC2=O)nn(C)c1=O.CCn1c([S-])nn(C)c1=O.O=C1CCCC(=O)C1C(=O)c1ccc(C(F)(F)F)cc1CCl.[K+]. The van der Waals surface area contributed by atoms with E-state index in [4.69, 9.17) is 24.2 Å². The van der Waals surface area contributed by atoms with Crippen molar-refractivity contribution in [1.29, 1.82) is 0 Å². The van der Waals surface area contributed by atoms with E-state index in [9.17, 15) is 64.7 Å². The first-order chi connectivity index (χ1) is 29.5. The molecule has 6 rings (SSSR count). The van der Waals surface area contributed by atoms with Gasteiger partial charge in [0.2, 0.25) is 0 Å². The molecule has 0 unspecified atom stereocenters. The number of halogens is 7. The molecular weight excluding hydrogens is 945 g/mol. The molecule has 14 nitrogen and oxygen atoms in total. The van der Waals surface area contributed by atoms with Crippen LogP contribution in [0.15, 0.2) is 56.3 Å². The van der Waals surface area contributed by atoms with Gasteiger partial charge in [0.25, 0.3) is 0 Å². The van der Waals surface area contributed by atoms with E-state index in [1.165, 1.54) is 20.9 Å². The van der Waals surface area contributed by atoms with Crippen LogP contribution >= 0.6 is 23.4 Å². The Labute approximate surface area is 418 Å². The van der Waals surface area contributed by atoms with Crippen molar-refractivity contribution in [1.82, 2.24) is 28.7 Å². The van der Waals surface area contributed by atoms with Gasteiger partial charge in [0.15, 0.2) is 39.9 Å². The minimum absolute atomic E-state index is 0. The molecule has 0 saturated heterocycles. The van der Waals surface area contributed by atoms with E-state index in [1.807, 2.05) is 6.92 Å². The molecule has 0 bridgehead atoms. The van der Waals surface area contributed by atoms with Crippen LogP contribution in [0, 0.1) is 11.8 Å². The van der Waals surface area contributed by atoms with Gasteiger partial charge in [0, 0.05) is 80.8 Å². The molecule has 0 atom stereocenters. The number of nitrogens with zero attached hydrogens (tertiary/aromatic N) is 6. The van der Waals surface area contributed by atoms with E-state index in [2.05, 4.69) is 10.2 Å². The molecule has 340 valence electrons. The largest absolute Gasteiger partial charge is 1.00 e. The molecule has 0 N–H and O–H groups in total. The van der Waals surface area contributed by atoms with Crippen molar-refractivity contribution in [3.63, 3.8) is 0 Å². The number of carbonyl (C=O) groups is 6. The van der Waals surface area contributed by atoms with Gasteiger partial charge in [-0.1, -0.05) is 23.9 Å². The summed E-state index contributed by atoms with van der Waals surface area (Å²) < 4.78 is 83.0. The Morgan fingerprint density at radius 2 is 1.08 bits per heavy atom. The molecule has 2 aromatic carbocycles. The van der Waals surface area contributed by atoms with Crippen LogP contribution in [0.4, 0.5) is 26.3 Å². The number of aryl methyl sites for hydroxylation is 2.